The van der Waals surface area contributed by atoms with Crippen molar-refractivity contribution in [3.05, 3.63) is 28.9 Å². The van der Waals surface area contributed by atoms with Crippen molar-refractivity contribution in [1.82, 2.24) is 5.16 Å². The van der Waals surface area contributed by atoms with E-state index in [-0.39, 0.29) is 23.5 Å². The molecular weight excluding hydrogens is 348 g/mol. The summed E-state index contributed by atoms with van der Waals surface area (Å²) >= 11 is 3.40. The van der Waals surface area contributed by atoms with E-state index in [0.717, 1.165) is 10.0 Å². The summed E-state index contributed by atoms with van der Waals surface area (Å²) in [7, 11) is -2.89. The monoisotopic (exact) mass is 358 g/mol. The van der Waals surface area contributed by atoms with Gasteiger partial charge in [-0.3, -0.25) is 0 Å². The number of nitrogen functional groups attached to an aromatic ring is 1. The van der Waals surface area contributed by atoms with Gasteiger partial charge in [0.25, 0.3) is 0 Å². The first-order valence-electron chi connectivity index (χ1n) is 5.82. The van der Waals surface area contributed by atoms with Crippen LogP contribution < -0.4 is 10.5 Å². The molecule has 1 saturated heterocycles. The first kappa shape index (κ1) is 13.4. The molecule has 0 spiro atoms. The molecule has 6 nitrogen and oxygen atoms in total. The second kappa shape index (κ2) is 4.78. The van der Waals surface area contributed by atoms with E-state index in [1.165, 1.54) is 6.20 Å². The van der Waals surface area contributed by atoms with Crippen LogP contribution in [0.5, 0.6) is 5.75 Å². The molecule has 0 atom stereocenters. The molecule has 0 radical (unpaired) electrons. The van der Waals surface area contributed by atoms with E-state index >= 15 is 0 Å². The smallest absolute Gasteiger partial charge is 0.229 e. The van der Waals surface area contributed by atoms with Crippen molar-refractivity contribution in [3.63, 3.8) is 0 Å². The molecule has 2 N–H and O–H groups in total. The van der Waals surface area contributed by atoms with Crippen LogP contribution in [0.3, 0.4) is 0 Å². The Kier molecular flexibility index (Phi) is 3.21. The molecule has 0 saturated carbocycles. The number of halogens is 1. The number of ether oxygens (including phenoxy) is 1. The van der Waals surface area contributed by atoms with Gasteiger partial charge in [0.15, 0.2) is 9.84 Å². The zero-order valence-electron chi connectivity index (χ0n) is 10.2. The number of nitrogens with zero attached hydrogens (tertiary/aromatic N) is 1. The second-order valence-electron chi connectivity index (χ2n) is 4.57. The highest BCUT2D eigenvalue weighted by Crippen LogP contribution is 2.34. The lowest BCUT2D eigenvalue weighted by Gasteiger charge is -2.27. The summed E-state index contributed by atoms with van der Waals surface area (Å²) in [4.78, 5) is 0. The van der Waals surface area contributed by atoms with Crippen LogP contribution in [0.15, 0.2) is 33.4 Å². The molecule has 1 aromatic carbocycles. The van der Waals surface area contributed by atoms with Gasteiger partial charge in [-0.25, -0.2) is 8.42 Å². The summed E-state index contributed by atoms with van der Waals surface area (Å²) < 4.78 is 33.4. The van der Waals surface area contributed by atoms with Crippen molar-refractivity contribution >= 4 is 31.7 Å². The van der Waals surface area contributed by atoms with Crippen LogP contribution in [-0.2, 0) is 9.84 Å². The van der Waals surface area contributed by atoms with Gasteiger partial charge < -0.3 is 15.0 Å². The van der Waals surface area contributed by atoms with E-state index in [1.807, 2.05) is 12.1 Å². The Morgan fingerprint density at radius 3 is 2.70 bits per heavy atom. The third-order valence-corrected chi connectivity index (χ3v) is 5.39. The molecule has 106 valence electrons. The predicted octanol–water partition coefficient (Wildman–Crippen LogP) is 1.86. The maximum Gasteiger partial charge on any atom is 0.229 e. The number of rotatable bonds is 3. The molecule has 1 aliphatic rings. The van der Waals surface area contributed by atoms with Gasteiger partial charge in [-0.05, 0) is 33.6 Å². The van der Waals surface area contributed by atoms with Gasteiger partial charge in [-0.15, -0.1) is 0 Å². The summed E-state index contributed by atoms with van der Waals surface area (Å²) in [5, 5.41) is 3.62. The first-order valence-corrected chi connectivity index (χ1v) is 8.43. The highest BCUT2D eigenvalue weighted by atomic mass is 79.9. The van der Waals surface area contributed by atoms with Crippen molar-refractivity contribution in [2.75, 3.05) is 17.2 Å². The number of hydrogen-bond acceptors (Lipinski definition) is 6. The normalized spacial score (nSPS) is 17.6. The quantitative estimate of drug-likeness (QED) is 0.899. The number of sulfone groups is 1. The summed E-state index contributed by atoms with van der Waals surface area (Å²) in [5.41, 5.74) is 7.19. The fourth-order valence-corrected chi connectivity index (χ4v) is 3.64. The lowest BCUT2D eigenvalue weighted by Crippen LogP contribution is -2.45. The van der Waals surface area contributed by atoms with Gasteiger partial charge in [0.2, 0.25) is 5.88 Å². The van der Waals surface area contributed by atoms with Crippen molar-refractivity contribution in [1.29, 1.82) is 0 Å². The van der Waals surface area contributed by atoms with Gasteiger partial charge >= 0.3 is 0 Å². The van der Waals surface area contributed by atoms with Crippen molar-refractivity contribution in [2.24, 2.45) is 0 Å². The number of anilines is 1. The summed E-state index contributed by atoms with van der Waals surface area (Å²) in [6.45, 7) is 0. The van der Waals surface area contributed by atoms with Crippen LogP contribution in [0, 0.1) is 0 Å². The SMILES string of the molecule is Nc1oncc1-c1ccc(OC2CS(=O)(=O)C2)c(Br)c1. The van der Waals surface area contributed by atoms with Gasteiger partial charge in [-0.1, -0.05) is 11.2 Å². The van der Waals surface area contributed by atoms with E-state index in [1.54, 1.807) is 6.07 Å². The Labute approximate surface area is 123 Å². The standard InChI is InChI=1S/C12H11BrN2O4S/c13-10-3-7(9-4-15-19-12(9)14)1-2-11(10)18-8-5-20(16,17)6-8/h1-4,8H,5-6,14H2. The van der Waals surface area contributed by atoms with Crippen LogP contribution in [0.1, 0.15) is 0 Å². The zero-order valence-corrected chi connectivity index (χ0v) is 12.6. The third kappa shape index (κ3) is 2.53. The van der Waals surface area contributed by atoms with E-state index < -0.39 is 9.84 Å². The molecule has 8 heteroatoms. The number of benzene rings is 1. The largest absolute Gasteiger partial charge is 0.487 e. The van der Waals surface area contributed by atoms with Crippen LogP contribution in [-0.4, -0.2) is 31.2 Å². The lowest BCUT2D eigenvalue weighted by molar-refractivity contribution is 0.229. The number of aromatic nitrogens is 1. The fourth-order valence-electron chi connectivity index (χ4n) is 1.99. The summed E-state index contributed by atoms with van der Waals surface area (Å²) in [6.07, 6.45) is 1.26. The summed E-state index contributed by atoms with van der Waals surface area (Å²) in [6, 6.07) is 5.40. The Morgan fingerprint density at radius 1 is 1.40 bits per heavy atom. The first-order chi connectivity index (χ1) is 9.44. The molecule has 2 aromatic rings. The molecule has 0 amide bonds. The molecule has 20 heavy (non-hydrogen) atoms. The second-order valence-corrected chi connectivity index (χ2v) is 7.57. The highest BCUT2D eigenvalue weighted by Gasteiger charge is 2.35. The number of hydrogen-bond donors (Lipinski definition) is 1. The van der Waals surface area contributed by atoms with Crippen molar-refractivity contribution in [2.45, 2.75) is 6.10 Å². The molecule has 0 unspecified atom stereocenters. The topological polar surface area (TPSA) is 95.4 Å². The maximum atomic E-state index is 11.1. The van der Waals surface area contributed by atoms with Crippen molar-refractivity contribution < 1.29 is 17.7 Å². The van der Waals surface area contributed by atoms with Gasteiger partial charge in [0.05, 0.1) is 27.7 Å². The van der Waals surface area contributed by atoms with Gasteiger partial charge in [0.1, 0.15) is 11.9 Å². The minimum atomic E-state index is -2.89. The minimum Gasteiger partial charge on any atom is -0.487 e. The minimum absolute atomic E-state index is 0.0692. The predicted molar refractivity (Wildman–Crippen MR) is 77.1 cm³/mol. The molecule has 1 aromatic heterocycles. The molecular formula is C12H11BrN2O4S. The van der Waals surface area contributed by atoms with Crippen LogP contribution in [0.4, 0.5) is 5.88 Å². The average Bonchev–Trinajstić information content (AvgIpc) is 2.76. The fraction of sp³-hybridized carbons (Fsp3) is 0.250. The molecule has 0 bridgehead atoms. The Bertz CT molecular complexity index is 745. The van der Waals surface area contributed by atoms with Crippen molar-refractivity contribution in [3.8, 4) is 16.9 Å². The number of nitrogens with two attached hydrogens (primary N) is 1. The maximum absolute atomic E-state index is 11.1. The van der Waals surface area contributed by atoms with Gasteiger partial charge in [0, 0.05) is 0 Å². The van der Waals surface area contributed by atoms with E-state index in [9.17, 15) is 8.42 Å². The van der Waals surface area contributed by atoms with Crippen LogP contribution in [0.25, 0.3) is 11.1 Å². The zero-order chi connectivity index (χ0) is 14.3. The van der Waals surface area contributed by atoms with E-state index in [2.05, 4.69) is 21.1 Å². The van der Waals surface area contributed by atoms with E-state index in [0.29, 0.717) is 11.3 Å². The Morgan fingerprint density at radius 2 is 2.15 bits per heavy atom. The third-order valence-electron chi connectivity index (χ3n) is 3.01. The Balaban J connectivity index is 1.80. The Hall–Kier alpha value is -1.54. The van der Waals surface area contributed by atoms with Crippen LogP contribution in [0.2, 0.25) is 0 Å². The molecule has 1 fully saturated rings. The molecule has 1 aliphatic heterocycles. The van der Waals surface area contributed by atoms with E-state index in [4.69, 9.17) is 15.0 Å². The highest BCUT2D eigenvalue weighted by molar-refractivity contribution is 9.10. The van der Waals surface area contributed by atoms with Gasteiger partial charge in [-0.2, -0.15) is 0 Å². The summed E-state index contributed by atoms with van der Waals surface area (Å²) in [5.74, 6) is 0.985. The lowest BCUT2D eigenvalue weighted by atomic mass is 10.1. The molecule has 2 heterocycles. The van der Waals surface area contributed by atoms with Crippen LogP contribution >= 0.6 is 15.9 Å². The molecule has 3 rings (SSSR count). The average molecular weight is 359 g/mol. The molecule has 0 aliphatic carbocycles.